The third kappa shape index (κ3) is 2.94. The number of hydrogen-bond donors (Lipinski definition) is 2. The van der Waals surface area contributed by atoms with Gasteiger partial charge in [-0.25, -0.2) is 9.48 Å². The Morgan fingerprint density at radius 3 is 2.68 bits per heavy atom. The predicted octanol–water partition coefficient (Wildman–Crippen LogP) is 1.65. The quantitative estimate of drug-likeness (QED) is 0.866. The Kier molecular flexibility index (Phi) is 4.19. The summed E-state index contributed by atoms with van der Waals surface area (Å²) in [6.45, 7) is 4.06. The molecule has 2 atom stereocenters. The zero-order valence-electron chi connectivity index (χ0n) is 11.4. The normalized spacial score (nSPS) is 23.8. The standard InChI is InChI=1S/C13H21N3O3/c1-8(2)7-10-12(13(18)19)14-15-16(10)9-5-3-4-6-11(9)17/h8-9,11,17H,3-7H2,1-2H3,(H,18,19). The van der Waals surface area contributed by atoms with Gasteiger partial charge in [0.25, 0.3) is 0 Å². The van der Waals surface area contributed by atoms with E-state index in [1.807, 2.05) is 13.8 Å². The molecule has 19 heavy (non-hydrogen) atoms. The molecule has 0 saturated heterocycles. The molecule has 0 radical (unpaired) electrons. The van der Waals surface area contributed by atoms with Gasteiger partial charge in [0.1, 0.15) is 0 Å². The van der Waals surface area contributed by atoms with E-state index >= 15 is 0 Å². The summed E-state index contributed by atoms with van der Waals surface area (Å²) in [5, 5.41) is 27.0. The molecule has 2 unspecified atom stereocenters. The fourth-order valence-corrected chi connectivity index (χ4v) is 2.70. The smallest absolute Gasteiger partial charge is 0.358 e. The van der Waals surface area contributed by atoms with Crippen LogP contribution in [0.3, 0.4) is 0 Å². The molecule has 1 aliphatic carbocycles. The van der Waals surface area contributed by atoms with Crippen molar-refractivity contribution in [2.75, 3.05) is 0 Å². The number of carboxylic acid groups (broad SMARTS) is 1. The molecule has 106 valence electrons. The zero-order chi connectivity index (χ0) is 14.0. The van der Waals surface area contributed by atoms with E-state index in [-0.39, 0.29) is 11.7 Å². The predicted molar refractivity (Wildman–Crippen MR) is 69.0 cm³/mol. The number of aliphatic hydroxyl groups excluding tert-OH is 1. The van der Waals surface area contributed by atoms with Crippen molar-refractivity contribution in [2.24, 2.45) is 5.92 Å². The fraction of sp³-hybridized carbons (Fsp3) is 0.769. The minimum atomic E-state index is -1.05. The number of aliphatic hydroxyl groups is 1. The molecule has 1 saturated carbocycles. The first-order valence-electron chi connectivity index (χ1n) is 6.86. The van der Waals surface area contributed by atoms with Gasteiger partial charge in [0.2, 0.25) is 0 Å². The fourth-order valence-electron chi connectivity index (χ4n) is 2.70. The number of carbonyl (C=O) groups is 1. The number of carboxylic acids is 1. The summed E-state index contributed by atoms with van der Waals surface area (Å²) >= 11 is 0. The van der Waals surface area contributed by atoms with Crippen molar-refractivity contribution in [3.63, 3.8) is 0 Å². The molecule has 6 nitrogen and oxygen atoms in total. The van der Waals surface area contributed by atoms with Gasteiger partial charge < -0.3 is 10.2 Å². The van der Waals surface area contributed by atoms with E-state index in [4.69, 9.17) is 0 Å². The molecule has 2 N–H and O–H groups in total. The van der Waals surface area contributed by atoms with Gasteiger partial charge >= 0.3 is 5.97 Å². The van der Waals surface area contributed by atoms with Gasteiger partial charge in [0.05, 0.1) is 17.8 Å². The summed E-state index contributed by atoms with van der Waals surface area (Å²) < 4.78 is 1.65. The largest absolute Gasteiger partial charge is 0.476 e. The Morgan fingerprint density at radius 1 is 1.42 bits per heavy atom. The molecule has 0 bridgehead atoms. The van der Waals surface area contributed by atoms with Gasteiger partial charge in [-0.1, -0.05) is 31.9 Å². The maximum Gasteiger partial charge on any atom is 0.358 e. The molecule has 1 aliphatic rings. The summed E-state index contributed by atoms with van der Waals surface area (Å²) in [5.41, 5.74) is 0.653. The van der Waals surface area contributed by atoms with Crippen LogP contribution in [0.4, 0.5) is 0 Å². The topological polar surface area (TPSA) is 88.2 Å². The average molecular weight is 267 g/mol. The van der Waals surface area contributed by atoms with Crippen LogP contribution in [0.1, 0.15) is 61.8 Å². The molecular weight excluding hydrogens is 246 g/mol. The Labute approximate surface area is 112 Å². The second-order valence-corrected chi connectivity index (χ2v) is 5.65. The SMILES string of the molecule is CC(C)Cc1c(C(=O)O)nnn1C1CCCCC1O. The van der Waals surface area contributed by atoms with Crippen LogP contribution >= 0.6 is 0 Å². The van der Waals surface area contributed by atoms with Gasteiger partial charge in [-0.15, -0.1) is 5.10 Å². The number of aromatic carboxylic acids is 1. The highest BCUT2D eigenvalue weighted by atomic mass is 16.4. The van der Waals surface area contributed by atoms with Crippen molar-refractivity contribution < 1.29 is 15.0 Å². The first kappa shape index (κ1) is 14.0. The van der Waals surface area contributed by atoms with Crippen LogP contribution in [-0.2, 0) is 6.42 Å². The van der Waals surface area contributed by atoms with E-state index in [1.54, 1.807) is 4.68 Å². The highest BCUT2D eigenvalue weighted by molar-refractivity contribution is 5.86. The van der Waals surface area contributed by atoms with Crippen LogP contribution in [0.15, 0.2) is 0 Å². The molecule has 1 fully saturated rings. The van der Waals surface area contributed by atoms with Crippen LogP contribution in [-0.4, -0.2) is 37.3 Å². The van der Waals surface area contributed by atoms with E-state index in [0.717, 1.165) is 25.7 Å². The third-order valence-electron chi connectivity index (χ3n) is 3.60. The van der Waals surface area contributed by atoms with Gasteiger partial charge in [-0.05, 0) is 25.2 Å². The number of hydrogen-bond acceptors (Lipinski definition) is 4. The molecule has 0 spiro atoms. The molecule has 6 heteroatoms. The highest BCUT2D eigenvalue weighted by Crippen LogP contribution is 2.30. The molecular formula is C13H21N3O3. The maximum atomic E-state index is 11.2. The molecule has 0 amide bonds. The summed E-state index contributed by atoms with van der Waals surface area (Å²) in [7, 11) is 0. The Hall–Kier alpha value is -1.43. The summed E-state index contributed by atoms with van der Waals surface area (Å²) in [6, 6.07) is -0.136. The molecule has 1 aromatic rings. The lowest BCUT2D eigenvalue weighted by molar-refractivity contribution is 0.0655. The number of rotatable bonds is 4. The lowest BCUT2D eigenvalue weighted by atomic mass is 9.92. The van der Waals surface area contributed by atoms with Crippen molar-refractivity contribution in [3.8, 4) is 0 Å². The van der Waals surface area contributed by atoms with Crippen LogP contribution in [0.25, 0.3) is 0 Å². The van der Waals surface area contributed by atoms with Crippen molar-refractivity contribution in [1.29, 1.82) is 0 Å². The van der Waals surface area contributed by atoms with E-state index in [0.29, 0.717) is 18.0 Å². The van der Waals surface area contributed by atoms with E-state index in [1.165, 1.54) is 0 Å². The second kappa shape index (κ2) is 5.69. The lowest BCUT2D eigenvalue weighted by Crippen LogP contribution is -2.30. The second-order valence-electron chi connectivity index (χ2n) is 5.65. The van der Waals surface area contributed by atoms with E-state index in [9.17, 15) is 15.0 Å². The van der Waals surface area contributed by atoms with Crippen molar-refractivity contribution in [2.45, 2.75) is 58.1 Å². The minimum Gasteiger partial charge on any atom is -0.476 e. The van der Waals surface area contributed by atoms with Gasteiger partial charge in [0, 0.05) is 0 Å². The Bertz CT molecular complexity index is 456. The van der Waals surface area contributed by atoms with Crippen LogP contribution in [0.5, 0.6) is 0 Å². The highest BCUT2D eigenvalue weighted by Gasteiger charge is 2.30. The zero-order valence-corrected chi connectivity index (χ0v) is 11.4. The van der Waals surface area contributed by atoms with Gasteiger partial charge in [-0.3, -0.25) is 0 Å². The Morgan fingerprint density at radius 2 is 2.11 bits per heavy atom. The molecule has 1 aromatic heterocycles. The number of nitrogens with zero attached hydrogens (tertiary/aromatic N) is 3. The Balaban J connectivity index is 2.35. The molecule has 2 rings (SSSR count). The molecule has 0 aliphatic heterocycles. The number of aromatic nitrogens is 3. The summed E-state index contributed by atoms with van der Waals surface area (Å²) in [4.78, 5) is 11.2. The van der Waals surface area contributed by atoms with Gasteiger partial charge in [-0.2, -0.15) is 0 Å². The first-order chi connectivity index (χ1) is 9.00. The first-order valence-corrected chi connectivity index (χ1v) is 6.86. The molecule has 0 aromatic carbocycles. The van der Waals surface area contributed by atoms with Crippen LogP contribution in [0.2, 0.25) is 0 Å². The monoisotopic (exact) mass is 267 g/mol. The van der Waals surface area contributed by atoms with E-state index < -0.39 is 12.1 Å². The minimum absolute atomic E-state index is 0.0199. The average Bonchev–Trinajstić information content (AvgIpc) is 2.72. The third-order valence-corrected chi connectivity index (χ3v) is 3.60. The molecule has 1 heterocycles. The van der Waals surface area contributed by atoms with E-state index in [2.05, 4.69) is 10.3 Å². The lowest BCUT2D eigenvalue weighted by Gasteiger charge is -2.28. The van der Waals surface area contributed by atoms with Crippen molar-refractivity contribution >= 4 is 5.97 Å². The van der Waals surface area contributed by atoms with Gasteiger partial charge in [0.15, 0.2) is 5.69 Å². The summed E-state index contributed by atoms with van der Waals surface area (Å²) in [6.07, 6.45) is 3.77. The maximum absolute atomic E-state index is 11.2. The van der Waals surface area contributed by atoms with Crippen molar-refractivity contribution in [1.82, 2.24) is 15.0 Å². The van der Waals surface area contributed by atoms with Crippen LogP contribution < -0.4 is 0 Å². The summed E-state index contributed by atoms with van der Waals surface area (Å²) in [5.74, 6) is -0.733. The van der Waals surface area contributed by atoms with Crippen LogP contribution in [0, 0.1) is 5.92 Å². The van der Waals surface area contributed by atoms with Crippen molar-refractivity contribution in [3.05, 3.63) is 11.4 Å².